The molecule has 0 atom stereocenters. The number of carboxylic acids is 1. The van der Waals surface area contributed by atoms with Gasteiger partial charge in [-0.2, -0.15) is 0 Å². The maximum Gasteiger partial charge on any atom is 0.335 e. The number of aromatic carboxylic acids is 1. The summed E-state index contributed by atoms with van der Waals surface area (Å²) in [4.78, 5) is 15.5. The number of rotatable bonds is 5. The molecule has 0 aliphatic heterocycles. The Kier molecular flexibility index (Phi) is 4.52. The number of aromatic nitrogens is 1. The van der Waals surface area contributed by atoms with Crippen molar-refractivity contribution in [3.8, 4) is 0 Å². The van der Waals surface area contributed by atoms with Crippen molar-refractivity contribution in [1.82, 2.24) is 4.98 Å². The molecule has 0 aliphatic carbocycles. The third-order valence-corrected chi connectivity index (χ3v) is 3.02. The molecular weight excluding hydrogens is 271 g/mol. The van der Waals surface area contributed by atoms with Crippen LogP contribution >= 0.6 is 0 Å². The Labute approximate surface area is 122 Å². The zero-order chi connectivity index (χ0) is 15.4. The molecule has 0 amide bonds. The van der Waals surface area contributed by atoms with Crippen molar-refractivity contribution in [3.05, 3.63) is 53.0 Å². The molecule has 1 heterocycles. The predicted octanol–water partition coefficient (Wildman–Crippen LogP) is 3.92. The molecule has 0 aliphatic rings. The van der Waals surface area contributed by atoms with Crippen LogP contribution in [0.5, 0.6) is 0 Å². The van der Waals surface area contributed by atoms with E-state index in [1.54, 1.807) is 25.1 Å². The molecule has 2 rings (SSSR count). The molecule has 1 aromatic heterocycles. The van der Waals surface area contributed by atoms with Crippen LogP contribution in [0.2, 0.25) is 0 Å². The molecule has 0 saturated heterocycles. The lowest BCUT2D eigenvalue weighted by molar-refractivity contribution is 0.0696. The van der Waals surface area contributed by atoms with Gasteiger partial charge in [-0.25, -0.2) is 14.2 Å². The van der Waals surface area contributed by atoms with Crippen molar-refractivity contribution in [2.75, 3.05) is 5.32 Å². The topological polar surface area (TPSA) is 62.2 Å². The lowest BCUT2D eigenvalue weighted by Gasteiger charge is -2.10. The SMILES string of the molecule is CCCc1cc(C(=O)O)cc(Nc2ccc(C)cc2F)n1. The van der Waals surface area contributed by atoms with Gasteiger partial charge in [0.1, 0.15) is 11.6 Å². The molecule has 2 aromatic rings. The molecule has 0 radical (unpaired) electrons. The second-order valence-corrected chi connectivity index (χ2v) is 4.90. The zero-order valence-corrected chi connectivity index (χ0v) is 12.0. The van der Waals surface area contributed by atoms with Crippen LogP contribution in [0, 0.1) is 12.7 Å². The second-order valence-electron chi connectivity index (χ2n) is 4.90. The Morgan fingerprint density at radius 2 is 2.10 bits per heavy atom. The number of halogens is 1. The van der Waals surface area contributed by atoms with Crippen LogP contribution in [0.25, 0.3) is 0 Å². The molecule has 1 aromatic carbocycles. The average Bonchev–Trinajstić information content (AvgIpc) is 2.42. The van der Waals surface area contributed by atoms with Crippen LogP contribution in [-0.4, -0.2) is 16.1 Å². The van der Waals surface area contributed by atoms with E-state index in [0.29, 0.717) is 17.9 Å². The van der Waals surface area contributed by atoms with Crippen molar-refractivity contribution in [2.24, 2.45) is 0 Å². The van der Waals surface area contributed by atoms with Gasteiger partial charge in [0.2, 0.25) is 0 Å². The fraction of sp³-hybridized carbons (Fsp3) is 0.250. The monoisotopic (exact) mass is 288 g/mol. The highest BCUT2D eigenvalue weighted by Crippen LogP contribution is 2.21. The summed E-state index contributed by atoms with van der Waals surface area (Å²) in [5.41, 5.74) is 1.91. The number of anilines is 2. The number of nitrogens with zero attached hydrogens (tertiary/aromatic N) is 1. The molecule has 0 spiro atoms. The Morgan fingerprint density at radius 3 is 2.71 bits per heavy atom. The predicted molar refractivity (Wildman–Crippen MR) is 79.6 cm³/mol. The van der Waals surface area contributed by atoms with E-state index in [1.165, 1.54) is 12.1 Å². The number of carbonyl (C=O) groups is 1. The molecule has 2 N–H and O–H groups in total. The fourth-order valence-electron chi connectivity index (χ4n) is 2.02. The highest BCUT2D eigenvalue weighted by molar-refractivity contribution is 5.88. The van der Waals surface area contributed by atoms with Gasteiger partial charge in [0.25, 0.3) is 0 Å². The van der Waals surface area contributed by atoms with Gasteiger partial charge in [0.05, 0.1) is 11.3 Å². The van der Waals surface area contributed by atoms with Gasteiger partial charge in [-0.1, -0.05) is 19.4 Å². The van der Waals surface area contributed by atoms with E-state index in [4.69, 9.17) is 5.11 Å². The summed E-state index contributed by atoms with van der Waals surface area (Å²) in [7, 11) is 0. The van der Waals surface area contributed by atoms with Gasteiger partial charge in [-0.15, -0.1) is 0 Å². The molecular formula is C16H17FN2O2. The summed E-state index contributed by atoms with van der Waals surface area (Å²) in [5, 5.41) is 12.0. The smallest absolute Gasteiger partial charge is 0.335 e. The maximum absolute atomic E-state index is 13.8. The highest BCUT2D eigenvalue weighted by atomic mass is 19.1. The normalized spacial score (nSPS) is 10.4. The number of hydrogen-bond acceptors (Lipinski definition) is 3. The molecule has 0 fully saturated rings. The third-order valence-electron chi connectivity index (χ3n) is 3.02. The molecule has 21 heavy (non-hydrogen) atoms. The van der Waals surface area contributed by atoms with Crippen LogP contribution < -0.4 is 5.32 Å². The largest absolute Gasteiger partial charge is 0.478 e. The van der Waals surface area contributed by atoms with Crippen LogP contribution in [0.1, 0.15) is 35.0 Å². The lowest BCUT2D eigenvalue weighted by Crippen LogP contribution is -2.04. The van der Waals surface area contributed by atoms with Crippen molar-refractivity contribution >= 4 is 17.5 Å². The quantitative estimate of drug-likeness (QED) is 0.875. The van der Waals surface area contributed by atoms with E-state index >= 15 is 0 Å². The number of benzene rings is 1. The summed E-state index contributed by atoms with van der Waals surface area (Å²) in [6, 6.07) is 7.75. The summed E-state index contributed by atoms with van der Waals surface area (Å²) >= 11 is 0. The van der Waals surface area contributed by atoms with E-state index in [9.17, 15) is 9.18 Å². The number of carboxylic acid groups (broad SMARTS) is 1. The van der Waals surface area contributed by atoms with Crippen molar-refractivity contribution in [1.29, 1.82) is 0 Å². The van der Waals surface area contributed by atoms with E-state index in [2.05, 4.69) is 10.3 Å². The molecule has 0 unspecified atom stereocenters. The number of pyridine rings is 1. The lowest BCUT2D eigenvalue weighted by atomic mass is 10.1. The number of hydrogen-bond donors (Lipinski definition) is 2. The van der Waals surface area contributed by atoms with Crippen LogP contribution in [0.4, 0.5) is 15.9 Å². The van der Waals surface area contributed by atoms with E-state index in [-0.39, 0.29) is 11.3 Å². The minimum absolute atomic E-state index is 0.142. The second kappa shape index (κ2) is 6.35. The number of nitrogens with one attached hydrogen (secondary N) is 1. The van der Waals surface area contributed by atoms with Crippen molar-refractivity contribution in [3.63, 3.8) is 0 Å². The van der Waals surface area contributed by atoms with Gasteiger partial charge in [0.15, 0.2) is 0 Å². The first-order chi connectivity index (χ1) is 9.99. The average molecular weight is 288 g/mol. The first-order valence-electron chi connectivity index (χ1n) is 6.77. The summed E-state index contributed by atoms with van der Waals surface area (Å²) in [6.07, 6.45) is 1.53. The molecule has 0 bridgehead atoms. The van der Waals surface area contributed by atoms with E-state index in [0.717, 1.165) is 12.0 Å². The van der Waals surface area contributed by atoms with Gasteiger partial charge in [-0.05, 0) is 43.2 Å². The van der Waals surface area contributed by atoms with E-state index in [1.807, 2.05) is 6.92 Å². The minimum Gasteiger partial charge on any atom is -0.478 e. The molecule has 5 heteroatoms. The standard InChI is InChI=1S/C16H17FN2O2/c1-3-4-12-8-11(16(20)21)9-15(18-12)19-14-6-5-10(2)7-13(14)17/h5-9H,3-4H2,1-2H3,(H,18,19)(H,20,21). The van der Waals surface area contributed by atoms with E-state index < -0.39 is 11.8 Å². The Hall–Kier alpha value is -2.43. The Balaban J connectivity index is 2.36. The highest BCUT2D eigenvalue weighted by Gasteiger charge is 2.10. The molecule has 110 valence electrons. The Bertz CT molecular complexity index is 671. The first kappa shape index (κ1) is 15.0. The van der Waals surface area contributed by atoms with Gasteiger partial charge < -0.3 is 10.4 Å². The fourth-order valence-corrected chi connectivity index (χ4v) is 2.02. The molecule has 0 saturated carbocycles. The van der Waals surface area contributed by atoms with Gasteiger partial charge >= 0.3 is 5.97 Å². The minimum atomic E-state index is -1.03. The summed E-state index contributed by atoms with van der Waals surface area (Å²) < 4.78 is 13.8. The van der Waals surface area contributed by atoms with Crippen molar-refractivity contribution < 1.29 is 14.3 Å². The maximum atomic E-state index is 13.8. The number of aryl methyl sites for hydroxylation is 2. The third kappa shape index (κ3) is 3.78. The Morgan fingerprint density at radius 1 is 1.33 bits per heavy atom. The summed E-state index contributed by atoms with van der Waals surface area (Å²) in [5.74, 6) is -1.09. The molecule has 4 nitrogen and oxygen atoms in total. The van der Waals surface area contributed by atoms with Gasteiger partial charge in [0, 0.05) is 5.69 Å². The zero-order valence-electron chi connectivity index (χ0n) is 12.0. The van der Waals surface area contributed by atoms with Crippen LogP contribution in [-0.2, 0) is 6.42 Å². The first-order valence-corrected chi connectivity index (χ1v) is 6.77. The van der Waals surface area contributed by atoms with Crippen LogP contribution in [0.3, 0.4) is 0 Å². The summed E-state index contributed by atoms with van der Waals surface area (Å²) in [6.45, 7) is 3.79. The van der Waals surface area contributed by atoms with Crippen molar-refractivity contribution in [2.45, 2.75) is 26.7 Å². The van der Waals surface area contributed by atoms with Crippen LogP contribution in [0.15, 0.2) is 30.3 Å². The van der Waals surface area contributed by atoms with Gasteiger partial charge in [-0.3, -0.25) is 0 Å².